The topological polar surface area (TPSA) is 73.8 Å². The minimum absolute atomic E-state index is 0.00431. The van der Waals surface area contributed by atoms with E-state index in [1.807, 2.05) is 19.1 Å². The van der Waals surface area contributed by atoms with Gasteiger partial charge in [0.1, 0.15) is 11.9 Å². The van der Waals surface area contributed by atoms with Gasteiger partial charge in [0, 0.05) is 37.7 Å². The van der Waals surface area contributed by atoms with Crippen molar-refractivity contribution in [3.8, 4) is 0 Å². The largest absolute Gasteiger partial charge is 0.345 e. The number of nitrogens with zero attached hydrogens (tertiary/aromatic N) is 4. The lowest BCUT2D eigenvalue weighted by atomic mass is 10.2. The van der Waals surface area contributed by atoms with Crippen LogP contribution in [0.2, 0.25) is 5.02 Å². The predicted octanol–water partition coefficient (Wildman–Crippen LogP) is 3.90. The van der Waals surface area contributed by atoms with E-state index in [0.29, 0.717) is 44.0 Å². The summed E-state index contributed by atoms with van der Waals surface area (Å²) in [6, 6.07) is 7.86. The van der Waals surface area contributed by atoms with Crippen LogP contribution in [0, 0.1) is 12.7 Å². The zero-order valence-corrected chi connectivity index (χ0v) is 21.0. The molecule has 0 radical (unpaired) electrons. The molecule has 0 aliphatic carbocycles. The Labute approximate surface area is 206 Å². The molecule has 1 atom stereocenters. The van der Waals surface area contributed by atoms with Gasteiger partial charge in [0.2, 0.25) is 15.9 Å². The third-order valence-corrected chi connectivity index (χ3v) is 9.92. The number of thiazole rings is 1. The molecule has 2 fully saturated rings. The number of piperazine rings is 1. The van der Waals surface area contributed by atoms with E-state index in [4.69, 9.17) is 16.6 Å². The number of fused-ring (bicyclic) bond motifs is 1. The molecule has 2 aliphatic heterocycles. The lowest BCUT2D eigenvalue weighted by molar-refractivity contribution is -0.134. The molecule has 0 bridgehead atoms. The first-order valence-corrected chi connectivity index (χ1v) is 13.8. The first-order chi connectivity index (χ1) is 16.3. The van der Waals surface area contributed by atoms with Crippen molar-refractivity contribution >= 4 is 54.2 Å². The van der Waals surface area contributed by atoms with E-state index in [1.165, 1.54) is 16.4 Å². The number of anilines is 1. The molecule has 2 aliphatic rings. The quantitative estimate of drug-likeness (QED) is 0.519. The number of hydrogen-bond donors (Lipinski definition) is 0. The SMILES string of the molecule is Cc1c(Cl)ccc2sc(N3CCN(C(=O)C4CCCN4S(=O)(=O)c4ccc(F)cc4)CC3)nc12. The number of carbonyl (C=O) groups is 1. The summed E-state index contributed by atoms with van der Waals surface area (Å²) in [5.41, 5.74) is 1.86. The Morgan fingerprint density at radius 1 is 1.09 bits per heavy atom. The summed E-state index contributed by atoms with van der Waals surface area (Å²) in [4.78, 5) is 22.0. The summed E-state index contributed by atoms with van der Waals surface area (Å²) < 4.78 is 41.9. The number of rotatable bonds is 4. The zero-order valence-electron chi connectivity index (χ0n) is 18.6. The van der Waals surface area contributed by atoms with Gasteiger partial charge in [-0.2, -0.15) is 4.31 Å². The van der Waals surface area contributed by atoms with Crippen molar-refractivity contribution in [3.05, 3.63) is 52.8 Å². The molecule has 1 unspecified atom stereocenters. The normalized spacial score (nSPS) is 19.8. The van der Waals surface area contributed by atoms with Crippen LogP contribution in [0.3, 0.4) is 0 Å². The molecule has 11 heteroatoms. The van der Waals surface area contributed by atoms with Crippen LogP contribution in [-0.2, 0) is 14.8 Å². The van der Waals surface area contributed by atoms with Gasteiger partial charge in [0.15, 0.2) is 5.13 Å². The molecule has 0 N–H and O–H groups in total. The van der Waals surface area contributed by atoms with Crippen LogP contribution >= 0.6 is 22.9 Å². The van der Waals surface area contributed by atoms with Gasteiger partial charge in [-0.3, -0.25) is 4.79 Å². The van der Waals surface area contributed by atoms with E-state index in [9.17, 15) is 17.6 Å². The van der Waals surface area contributed by atoms with Gasteiger partial charge in [-0.25, -0.2) is 17.8 Å². The Hall–Kier alpha value is -2.27. The second-order valence-electron chi connectivity index (χ2n) is 8.56. The lowest BCUT2D eigenvalue weighted by Crippen LogP contribution is -2.54. The van der Waals surface area contributed by atoms with E-state index in [2.05, 4.69) is 4.90 Å². The monoisotopic (exact) mass is 522 g/mol. The van der Waals surface area contributed by atoms with Crippen LogP contribution in [0.15, 0.2) is 41.3 Å². The van der Waals surface area contributed by atoms with Crippen LogP contribution in [0.5, 0.6) is 0 Å². The molecule has 2 saturated heterocycles. The van der Waals surface area contributed by atoms with Crippen LogP contribution in [0.25, 0.3) is 10.2 Å². The van der Waals surface area contributed by atoms with Crippen molar-refractivity contribution in [2.75, 3.05) is 37.6 Å². The average Bonchev–Trinajstić information content (AvgIpc) is 3.50. The van der Waals surface area contributed by atoms with Gasteiger partial charge in [0.25, 0.3) is 0 Å². The number of benzene rings is 2. The van der Waals surface area contributed by atoms with Gasteiger partial charge < -0.3 is 9.80 Å². The molecular weight excluding hydrogens is 499 g/mol. The lowest BCUT2D eigenvalue weighted by Gasteiger charge is -2.37. The second-order valence-corrected chi connectivity index (χ2v) is 11.9. The van der Waals surface area contributed by atoms with E-state index in [0.717, 1.165) is 33.0 Å². The van der Waals surface area contributed by atoms with Crippen molar-refractivity contribution in [1.29, 1.82) is 0 Å². The minimum atomic E-state index is -3.87. The molecule has 180 valence electrons. The highest BCUT2D eigenvalue weighted by Crippen LogP contribution is 2.34. The molecule has 34 heavy (non-hydrogen) atoms. The fraction of sp³-hybridized carbons (Fsp3) is 0.391. The molecule has 7 nitrogen and oxygen atoms in total. The molecule has 0 saturated carbocycles. The van der Waals surface area contributed by atoms with Gasteiger partial charge >= 0.3 is 0 Å². The van der Waals surface area contributed by atoms with E-state index in [-0.39, 0.29) is 17.3 Å². The van der Waals surface area contributed by atoms with Gasteiger partial charge in [-0.15, -0.1) is 0 Å². The van der Waals surface area contributed by atoms with Crippen molar-refractivity contribution in [3.63, 3.8) is 0 Å². The average molecular weight is 523 g/mol. The third-order valence-electron chi connectivity index (χ3n) is 6.51. The second kappa shape index (κ2) is 9.07. The number of amides is 1. The minimum Gasteiger partial charge on any atom is -0.345 e. The number of hydrogen-bond acceptors (Lipinski definition) is 6. The summed E-state index contributed by atoms with van der Waals surface area (Å²) in [6.07, 6.45) is 1.10. The predicted molar refractivity (Wildman–Crippen MR) is 131 cm³/mol. The Bertz CT molecular complexity index is 1340. The van der Waals surface area contributed by atoms with Crippen LogP contribution in [0.1, 0.15) is 18.4 Å². The Morgan fingerprint density at radius 2 is 1.79 bits per heavy atom. The van der Waals surface area contributed by atoms with Crippen molar-refractivity contribution in [2.45, 2.75) is 30.7 Å². The summed E-state index contributed by atoms with van der Waals surface area (Å²) in [5.74, 6) is -0.674. The summed E-state index contributed by atoms with van der Waals surface area (Å²) in [6.45, 7) is 4.47. The van der Waals surface area contributed by atoms with E-state index >= 15 is 0 Å². The standard InChI is InChI=1S/C23H24ClFN4O3S2/c1-15-18(24)8-9-20-21(15)26-23(33-20)28-13-11-27(12-14-28)22(30)19-3-2-10-29(19)34(31,32)17-6-4-16(25)5-7-17/h4-9,19H,2-3,10-14H2,1H3. The number of aryl methyl sites for hydroxylation is 1. The van der Waals surface area contributed by atoms with Gasteiger partial charge in [0.05, 0.1) is 15.1 Å². The van der Waals surface area contributed by atoms with Crippen LogP contribution in [0.4, 0.5) is 9.52 Å². The maximum atomic E-state index is 13.3. The Kier molecular flexibility index (Phi) is 6.26. The smallest absolute Gasteiger partial charge is 0.243 e. The van der Waals surface area contributed by atoms with Crippen molar-refractivity contribution < 1.29 is 17.6 Å². The Morgan fingerprint density at radius 3 is 2.50 bits per heavy atom. The van der Waals surface area contributed by atoms with Gasteiger partial charge in [-0.1, -0.05) is 22.9 Å². The fourth-order valence-corrected chi connectivity index (χ4v) is 7.45. The fourth-order valence-electron chi connectivity index (χ4n) is 4.57. The molecule has 3 heterocycles. The van der Waals surface area contributed by atoms with Crippen molar-refractivity contribution in [2.24, 2.45) is 0 Å². The number of carbonyl (C=O) groups excluding carboxylic acids is 1. The third kappa shape index (κ3) is 4.17. The maximum absolute atomic E-state index is 13.3. The number of sulfonamides is 1. The summed E-state index contributed by atoms with van der Waals surface area (Å²) in [7, 11) is -3.87. The first-order valence-electron chi connectivity index (χ1n) is 11.1. The molecule has 1 amide bonds. The Balaban J connectivity index is 1.28. The molecule has 5 rings (SSSR count). The van der Waals surface area contributed by atoms with Crippen LogP contribution < -0.4 is 4.90 Å². The number of aromatic nitrogens is 1. The van der Waals surface area contributed by atoms with Crippen LogP contribution in [-0.4, -0.2) is 67.3 Å². The van der Waals surface area contributed by atoms with Gasteiger partial charge in [-0.05, 0) is 61.7 Å². The zero-order chi connectivity index (χ0) is 24.0. The summed E-state index contributed by atoms with van der Waals surface area (Å²) >= 11 is 7.83. The maximum Gasteiger partial charge on any atom is 0.243 e. The molecule has 1 aromatic heterocycles. The van der Waals surface area contributed by atoms with E-state index < -0.39 is 21.9 Å². The highest BCUT2D eigenvalue weighted by Gasteiger charge is 2.41. The molecule has 2 aromatic carbocycles. The highest BCUT2D eigenvalue weighted by atomic mass is 35.5. The number of halogens is 2. The summed E-state index contributed by atoms with van der Waals surface area (Å²) in [5, 5.41) is 1.59. The molecule has 3 aromatic rings. The first kappa shape index (κ1) is 23.5. The molecular formula is C23H24ClFN4O3S2. The van der Waals surface area contributed by atoms with E-state index in [1.54, 1.807) is 16.2 Å². The molecule has 0 spiro atoms. The van der Waals surface area contributed by atoms with Crippen molar-refractivity contribution in [1.82, 2.24) is 14.2 Å². The highest BCUT2D eigenvalue weighted by molar-refractivity contribution is 7.89.